The van der Waals surface area contributed by atoms with Crippen LogP contribution in [0.5, 0.6) is 0 Å². The van der Waals surface area contributed by atoms with Crippen molar-refractivity contribution in [1.82, 2.24) is 5.32 Å². The maximum atomic E-state index is 12.7. The SMILES string of the molecule is CCNC(Cc1ccc(Br)cc1Cl)C(F)(F)F. The predicted octanol–water partition coefficient (Wildman–Crippen LogP) is 4.19. The number of alkyl halides is 3. The second-order valence-corrected chi connectivity index (χ2v) is 4.91. The molecule has 0 saturated carbocycles. The largest absolute Gasteiger partial charge is 0.404 e. The molecular weight excluding hydrogens is 318 g/mol. The Morgan fingerprint density at radius 2 is 2.06 bits per heavy atom. The van der Waals surface area contributed by atoms with E-state index in [0.29, 0.717) is 10.6 Å². The van der Waals surface area contributed by atoms with Gasteiger partial charge in [-0.3, -0.25) is 0 Å². The first kappa shape index (κ1) is 14.8. The van der Waals surface area contributed by atoms with Crippen molar-refractivity contribution < 1.29 is 13.2 Å². The highest BCUT2D eigenvalue weighted by Crippen LogP contribution is 2.27. The Balaban J connectivity index is 2.86. The summed E-state index contributed by atoms with van der Waals surface area (Å²) in [4.78, 5) is 0. The van der Waals surface area contributed by atoms with Crippen LogP contribution in [0.25, 0.3) is 0 Å². The van der Waals surface area contributed by atoms with E-state index in [1.165, 1.54) is 0 Å². The van der Waals surface area contributed by atoms with Gasteiger partial charge in [-0.05, 0) is 30.7 Å². The van der Waals surface area contributed by atoms with Crippen molar-refractivity contribution in [2.24, 2.45) is 0 Å². The van der Waals surface area contributed by atoms with E-state index in [4.69, 9.17) is 11.6 Å². The quantitative estimate of drug-likeness (QED) is 0.873. The number of rotatable bonds is 4. The average Bonchev–Trinajstić information content (AvgIpc) is 2.19. The second-order valence-electron chi connectivity index (χ2n) is 3.59. The highest BCUT2D eigenvalue weighted by Gasteiger charge is 2.39. The molecular formula is C11H12BrClF3N. The molecule has 1 unspecified atom stereocenters. The van der Waals surface area contributed by atoms with Crippen LogP contribution in [0, 0.1) is 0 Å². The Labute approximate surface area is 111 Å². The van der Waals surface area contributed by atoms with E-state index >= 15 is 0 Å². The standard InChI is InChI=1S/C11H12BrClF3N/c1-2-17-10(11(14,15)16)5-7-3-4-8(12)6-9(7)13/h3-4,6,10,17H,2,5H2,1H3. The maximum absolute atomic E-state index is 12.7. The summed E-state index contributed by atoms with van der Waals surface area (Å²) < 4.78 is 38.8. The molecule has 0 aliphatic carbocycles. The molecule has 0 fully saturated rings. The van der Waals surface area contributed by atoms with Gasteiger partial charge in [-0.25, -0.2) is 0 Å². The van der Waals surface area contributed by atoms with Gasteiger partial charge in [0.25, 0.3) is 0 Å². The molecule has 0 bridgehead atoms. The molecule has 0 aromatic heterocycles. The van der Waals surface area contributed by atoms with Gasteiger partial charge < -0.3 is 5.32 Å². The molecule has 0 amide bonds. The molecule has 1 aromatic rings. The third-order valence-electron chi connectivity index (χ3n) is 2.28. The lowest BCUT2D eigenvalue weighted by molar-refractivity contribution is -0.155. The zero-order valence-electron chi connectivity index (χ0n) is 9.11. The second kappa shape index (κ2) is 6.07. The van der Waals surface area contributed by atoms with Crippen molar-refractivity contribution in [3.8, 4) is 0 Å². The molecule has 17 heavy (non-hydrogen) atoms. The van der Waals surface area contributed by atoms with E-state index in [9.17, 15) is 13.2 Å². The van der Waals surface area contributed by atoms with Gasteiger partial charge in [-0.1, -0.05) is 40.5 Å². The lowest BCUT2D eigenvalue weighted by Gasteiger charge is -2.21. The lowest BCUT2D eigenvalue weighted by atomic mass is 10.1. The van der Waals surface area contributed by atoms with Crippen LogP contribution in [-0.4, -0.2) is 18.8 Å². The average molecular weight is 331 g/mol. The topological polar surface area (TPSA) is 12.0 Å². The van der Waals surface area contributed by atoms with Gasteiger partial charge in [-0.15, -0.1) is 0 Å². The van der Waals surface area contributed by atoms with Crippen LogP contribution in [0.15, 0.2) is 22.7 Å². The Morgan fingerprint density at radius 1 is 1.41 bits per heavy atom. The molecule has 6 heteroatoms. The van der Waals surface area contributed by atoms with Gasteiger partial charge in [0.15, 0.2) is 0 Å². The summed E-state index contributed by atoms with van der Waals surface area (Å²) >= 11 is 9.11. The zero-order chi connectivity index (χ0) is 13.1. The van der Waals surface area contributed by atoms with Crippen LogP contribution in [0.2, 0.25) is 5.02 Å². The summed E-state index contributed by atoms with van der Waals surface area (Å²) in [7, 11) is 0. The smallest absolute Gasteiger partial charge is 0.306 e. The van der Waals surface area contributed by atoms with Crippen LogP contribution >= 0.6 is 27.5 Å². The third-order valence-corrected chi connectivity index (χ3v) is 3.13. The summed E-state index contributed by atoms with van der Waals surface area (Å²) in [6, 6.07) is 3.31. The van der Waals surface area contributed by atoms with Crippen molar-refractivity contribution in [2.45, 2.75) is 25.6 Å². The van der Waals surface area contributed by atoms with Crippen molar-refractivity contribution in [3.05, 3.63) is 33.3 Å². The van der Waals surface area contributed by atoms with Crippen LogP contribution in [-0.2, 0) is 6.42 Å². The molecule has 1 aromatic carbocycles. The molecule has 1 nitrogen and oxygen atoms in total. The minimum absolute atomic E-state index is 0.163. The van der Waals surface area contributed by atoms with Crippen molar-refractivity contribution in [3.63, 3.8) is 0 Å². The van der Waals surface area contributed by atoms with E-state index in [2.05, 4.69) is 21.2 Å². The van der Waals surface area contributed by atoms with Crippen molar-refractivity contribution in [1.29, 1.82) is 0 Å². The van der Waals surface area contributed by atoms with Crippen LogP contribution in [0.4, 0.5) is 13.2 Å². The first-order valence-electron chi connectivity index (χ1n) is 5.08. The molecule has 96 valence electrons. The van der Waals surface area contributed by atoms with E-state index < -0.39 is 12.2 Å². The minimum atomic E-state index is -4.27. The summed E-state index contributed by atoms with van der Waals surface area (Å²) in [6.45, 7) is 1.90. The molecule has 0 radical (unpaired) electrons. The maximum Gasteiger partial charge on any atom is 0.404 e. The highest BCUT2D eigenvalue weighted by molar-refractivity contribution is 9.10. The van der Waals surface area contributed by atoms with Gasteiger partial charge in [0, 0.05) is 9.50 Å². The fourth-order valence-electron chi connectivity index (χ4n) is 1.46. The number of likely N-dealkylation sites (N-methyl/N-ethyl adjacent to an activating group) is 1. The molecule has 0 aliphatic rings. The summed E-state index contributed by atoms with van der Waals surface area (Å²) in [6.07, 6.45) is -4.43. The van der Waals surface area contributed by atoms with Crippen molar-refractivity contribution >= 4 is 27.5 Å². The van der Waals surface area contributed by atoms with E-state index in [-0.39, 0.29) is 13.0 Å². The Morgan fingerprint density at radius 3 is 2.53 bits per heavy atom. The minimum Gasteiger partial charge on any atom is -0.306 e. The van der Waals surface area contributed by atoms with Gasteiger partial charge in [0.2, 0.25) is 0 Å². The molecule has 0 saturated heterocycles. The van der Waals surface area contributed by atoms with E-state index in [0.717, 1.165) is 4.47 Å². The van der Waals surface area contributed by atoms with Gasteiger partial charge in [0.05, 0.1) is 0 Å². The van der Waals surface area contributed by atoms with Crippen LogP contribution in [0.1, 0.15) is 12.5 Å². The summed E-state index contributed by atoms with van der Waals surface area (Å²) in [5, 5.41) is 2.76. The normalized spacial score (nSPS) is 13.8. The van der Waals surface area contributed by atoms with Gasteiger partial charge in [0.1, 0.15) is 6.04 Å². The molecule has 0 heterocycles. The Hall–Kier alpha value is -0.260. The highest BCUT2D eigenvalue weighted by atomic mass is 79.9. The third kappa shape index (κ3) is 4.48. The summed E-state index contributed by atoms with van der Waals surface area (Å²) in [5.74, 6) is 0. The number of hydrogen-bond donors (Lipinski definition) is 1. The molecule has 0 spiro atoms. The molecule has 1 N–H and O–H groups in total. The summed E-state index contributed by atoms with van der Waals surface area (Å²) in [5.41, 5.74) is 0.484. The molecule has 0 aliphatic heterocycles. The van der Waals surface area contributed by atoms with Gasteiger partial charge >= 0.3 is 6.18 Å². The fraction of sp³-hybridized carbons (Fsp3) is 0.455. The molecule has 1 atom stereocenters. The fourth-order valence-corrected chi connectivity index (χ4v) is 2.21. The molecule has 1 rings (SSSR count). The number of hydrogen-bond acceptors (Lipinski definition) is 1. The number of nitrogens with one attached hydrogen (secondary N) is 1. The number of benzene rings is 1. The monoisotopic (exact) mass is 329 g/mol. The first-order chi connectivity index (χ1) is 7.84. The van der Waals surface area contributed by atoms with Gasteiger partial charge in [-0.2, -0.15) is 13.2 Å². The zero-order valence-corrected chi connectivity index (χ0v) is 11.5. The number of halogens is 5. The first-order valence-corrected chi connectivity index (χ1v) is 6.25. The van der Waals surface area contributed by atoms with Crippen molar-refractivity contribution in [2.75, 3.05) is 6.54 Å². The van der Waals surface area contributed by atoms with Crippen LogP contribution in [0.3, 0.4) is 0 Å². The predicted molar refractivity (Wildman–Crippen MR) is 66.4 cm³/mol. The Bertz CT molecular complexity index is 381. The van der Waals surface area contributed by atoms with Crippen LogP contribution < -0.4 is 5.32 Å². The Kier molecular flexibility index (Phi) is 5.28. The lowest BCUT2D eigenvalue weighted by Crippen LogP contribution is -2.43. The van der Waals surface area contributed by atoms with E-state index in [1.54, 1.807) is 25.1 Å². The van der Waals surface area contributed by atoms with E-state index in [1.807, 2.05) is 0 Å².